The summed E-state index contributed by atoms with van der Waals surface area (Å²) in [4.78, 5) is 17.7. The number of nitrogens with zero attached hydrogens (tertiary/aromatic N) is 2. The summed E-state index contributed by atoms with van der Waals surface area (Å²) in [5.41, 5.74) is 2.24. The molecule has 0 spiro atoms. The van der Waals surface area contributed by atoms with Crippen LogP contribution in [0.25, 0.3) is 0 Å². The van der Waals surface area contributed by atoms with Crippen LogP contribution in [0, 0.1) is 5.92 Å². The highest BCUT2D eigenvalue weighted by atomic mass is 16.5. The van der Waals surface area contributed by atoms with Crippen LogP contribution in [0.1, 0.15) is 17.2 Å². The Hall–Kier alpha value is -2.53. The van der Waals surface area contributed by atoms with Gasteiger partial charge in [-0.3, -0.25) is 4.79 Å². The maximum atomic E-state index is 13.4. The normalized spacial score (nSPS) is 22.7. The summed E-state index contributed by atoms with van der Waals surface area (Å²) in [7, 11) is 3.76. The summed E-state index contributed by atoms with van der Waals surface area (Å²) in [5.74, 6) is 1.55. The summed E-state index contributed by atoms with van der Waals surface area (Å²) in [6.45, 7) is 2.90. The predicted molar refractivity (Wildman–Crippen MR) is 104 cm³/mol. The van der Waals surface area contributed by atoms with Gasteiger partial charge >= 0.3 is 0 Å². The largest absolute Gasteiger partial charge is 0.493 e. The molecule has 0 aliphatic carbocycles. The van der Waals surface area contributed by atoms with E-state index >= 15 is 0 Å². The number of rotatable bonds is 3. The molecule has 2 aromatic carbocycles. The highest BCUT2D eigenvalue weighted by Gasteiger charge is 2.36. The first-order valence-electron chi connectivity index (χ1n) is 9.50. The first kappa shape index (κ1) is 17.9. The van der Waals surface area contributed by atoms with Crippen molar-refractivity contribution in [3.8, 4) is 11.5 Å². The fourth-order valence-corrected chi connectivity index (χ4v) is 4.09. The second-order valence-corrected chi connectivity index (χ2v) is 7.38. The average molecular weight is 366 g/mol. The predicted octanol–water partition coefficient (Wildman–Crippen LogP) is 2.76. The fourth-order valence-electron chi connectivity index (χ4n) is 4.09. The molecular weight excluding hydrogens is 340 g/mol. The molecule has 2 aliphatic rings. The number of hydrogen-bond donors (Lipinski definition) is 0. The minimum Gasteiger partial charge on any atom is -0.493 e. The van der Waals surface area contributed by atoms with Crippen molar-refractivity contribution in [1.29, 1.82) is 0 Å². The standard InChI is InChI=1S/C22H26N2O3/c1-23-11-12-24(19(14-23)16-7-4-3-5-8-16)22(25)18-13-17-9-6-10-20(26-2)21(17)27-15-18/h3-10,18-19H,11-15H2,1-2H3. The van der Waals surface area contributed by atoms with Crippen LogP contribution in [0.15, 0.2) is 48.5 Å². The van der Waals surface area contributed by atoms with Gasteiger partial charge in [-0.1, -0.05) is 42.5 Å². The Balaban J connectivity index is 1.56. The van der Waals surface area contributed by atoms with Crippen molar-refractivity contribution in [3.63, 3.8) is 0 Å². The van der Waals surface area contributed by atoms with Crippen LogP contribution in [0.4, 0.5) is 0 Å². The molecule has 1 amide bonds. The molecule has 1 fully saturated rings. The van der Waals surface area contributed by atoms with E-state index in [-0.39, 0.29) is 17.9 Å². The van der Waals surface area contributed by atoms with E-state index in [1.165, 1.54) is 5.56 Å². The number of hydrogen-bond acceptors (Lipinski definition) is 4. The second kappa shape index (κ2) is 7.61. The maximum Gasteiger partial charge on any atom is 0.230 e. The van der Waals surface area contributed by atoms with Gasteiger partial charge in [-0.05, 0) is 30.7 Å². The highest BCUT2D eigenvalue weighted by molar-refractivity contribution is 5.80. The van der Waals surface area contributed by atoms with Crippen LogP contribution < -0.4 is 9.47 Å². The third kappa shape index (κ3) is 3.52. The van der Waals surface area contributed by atoms with E-state index in [2.05, 4.69) is 29.0 Å². The number of para-hydroxylation sites is 1. The van der Waals surface area contributed by atoms with E-state index in [1.54, 1.807) is 7.11 Å². The van der Waals surface area contributed by atoms with Gasteiger partial charge in [0.2, 0.25) is 5.91 Å². The summed E-state index contributed by atoms with van der Waals surface area (Å²) < 4.78 is 11.3. The summed E-state index contributed by atoms with van der Waals surface area (Å²) in [6, 6.07) is 16.3. The van der Waals surface area contributed by atoms with Gasteiger partial charge in [0.15, 0.2) is 11.5 Å². The number of carbonyl (C=O) groups excluding carboxylic acids is 1. The van der Waals surface area contributed by atoms with Crippen LogP contribution in [0.2, 0.25) is 0 Å². The van der Waals surface area contributed by atoms with Gasteiger partial charge in [-0.15, -0.1) is 0 Å². The molecule has 142 valence electrons. The minimum absolute atomic E-state index is 0.0872. The van der Waals surface area contributed by atoms with Crippen molar-refractivity contribution in [2.75, 3.05) is 40.4 Å². The molecule has 5 heteroatoms. The Morgan fingerprint density at radius 3 is 2.70 bits per heavy atom. The molecular formula is C22H26N2O3. The van der Waals surface area contributed by atoms with Gasteiger partial charge in [-0.25, -0.2) is 0 Å². The molecule has 0 saturated carbocycles. The highest BCUT2D eigenvalue weighted by Crippen LogP contribution is 2.37. The number of ether oxygens (including phenoxy) is 2. The Kier molecular flexibility index (Phi) is 5.03. The summed E-state index contributed by atoms with van der Waals surface area (Å²) >= 11 is 0. The molecule has 4 rings (SSSR count). The van der Waals surface area contributed by atoms with Gasteiger partial charge < -0.3 is 19.3 Å². The fraction of sp³-hybridized carbons (Fsp3) is 0.409. The lowest BCUT2D eigenvalue weighted by Crippen LogP contribution is -2.52. The van der Waals surface area contributed by atoms with Crippen molar-refractivity contribution in [2.24, 2.45) is 5.92 Å². The van der Waals surface area contributed by atoms with E-state index in [0.717, 1.165) is 36.7 Å². The van der Waals surface area contributed by atoms with Crippen LogP contribution >= 0.6 is 0 Å². The molecule has 2 aliphatic heterocycles. The smallest absolute Gasteiger partial charge is 0.230 e. The minimum atomic E-state index is -0.153. The first-order valence-corrected chi connectivity index (χ1v) is 9.50. The number of fused-ring (bicyclic) bond motifs is 1. The zero-order valence-electron chi connectivity index (χ0n) is 15.9. The molecule has 2 atom stereocenters. The van der Waals surface area contributed by atoms with Crippen molar-refractivity contribution >= 4 is 5.91 Å². The third-order valence-corrected chi connectivity index (χ3v) is 5.58. The maximum absolute atomic E-state index is 13.4. The Labute approximate surface area is 160 Å². The van der Waals surface area contributed by atoms with Crippen molar-refractivity contribution in [2.45, 2.75) is 12.5 Å². The number of likely N-dealkylation sites (N-methyl/N-ethyl adjacent to an activating group) is 1. The van der Waals surface area contributed by atoms with Crippen molar-refractivity contribution in [3.05, 3.63) is 59.7 Å². The van der Waals surface area contributed by atoms with E-state index in [1.807, 2.05) is 36.4 Å². The Morgan fingerprint density at radius 2 is 1.93 bits per heavy atom. The van der Waals surface area contributed by atoms with Crippen molar-refractivity contribution < 1.29 is 14.3 Å². The molecule has 5 nitrogen and oxygen atoms in total. The quantitative estimate of drug-likeness (QED) is 0.838. The monoisotopic (exact) mass is 366 g/mol. The zero-order chi connectivity index (χ0) is 18.8. The summed E-state index contributed by atoms with van der Waals surface area (Å²) in [5, 5.41) is 0. The molecule has 0 N–H and O–H groups in total. The van der Waals surface area contributed by atoms with E-state index in [9.17, 15) is 4.79 Å². The number of piperazine rings is 1. The third-order valence-electron chi connectivity index (χ3n) is 5.58. The Bertz CT molecular complexity index is 808. The number of benzene rings is 2. The Morgan fingerprint density at radius 1 is 1.11 bits per heavy atom. The van der Waals surface area contributed by atoms with Crippen LogP contribution in [-0.4, -0.2) is 56.1 Å². The molecule has 2 aromatic rings. The SMILES string of the molecule is COc1cccc2c1OCC(C(=O)N1CCN(C)CC1c1ccccc1)C2. The van der Waals surface area contributed by atoms with Gasteiger partial charge in [0.1, 0.15) is 6.61 Å². The van der Waals surface area contributed by atoms with Gasteiger partial charge in [0.05, 0.1) is 19.1 Å². The number of methoxy groups -OCH3 is 1. The van der Waals surface area contributed by atoms with E-state index in [0.29, 0.717) is 13.0 Å². The molecule has 0 bridgehead atoms. The topological polar surface area (TPSA) is 42.0 Å². The number of carbonyl (C=O) groups is 1. The average Bonchev–Trinajstić information content (AvgIpc) is 2.73. The molecule has 2 unspecified atom stereocenters. The van der Waals surface area contributed by atoms with E-state index < -0.39 is 0 Å². The van der Waals surface area contributed by atoms with Gasteiger partial charge in [0, 0.05) is 19.6 Å². The molecule has 0 radical (unpaired) electrons. The molecule has 0 aromatic heterocycles. The zero-order valence-corrected chi connectivity index (χ0v) is 15.9. The molecule has 1 saturated heterocycles. The number of amides is 1. The van der Waals surface area contributed by atoms with Crippen LogP contribution in [0.3, 0.4) is 0 Å². The van der Waals surface area contributed by atoms with Crippen molar-refractivity contribution in [1.82, 2.24) is 9.80 Å². The lowest BCUT2D eigenvalue weighted by Gasteiger charge is -2.42. The van der Waals surface area contributed by atoms with Gasteiger partial charge in [-0.2, -0.15) is 0 Å². The summed E-state index contributed by atoms with van der Waals surface area (Å²) in [6.07, 6.45) is 0.694. The lowest BCUT2D eigenvalue weighted by atomic mass is 9.93. The lowest BCUT2D eigenvalue weighted by molar-refractivity contribution is -0.142. The van der Waals surface area contributed by atoms with Crippen LogP contribution in [0.5, 0.6) is 11.5 Å². The molecule has 27 heavy (non-hydrogen) atoms. The van der Waals surface area contributed by atoms with E-state index in [4.69, 9.17) is 9.47 Å². The van der Waals surface area contributed by atoms with Gasteiger partial charge in [0.25, 0.3) is 0 Å². The van der Waals surface area contributed by atoms with Crippen LogP contribution in [-0.2, 0) is 11.2 Å². The first-order chi connectivity index (χ1) is 13.2. The molecule has 2 heterocycles. The second-order valence-electron chi connectivity index (χ2n) is 7.38.